The van der Waals surface area contributed by atoms with Crippen LogP contribution in [-0.4, -0.2) is 43.5 Å². The molecule has 174 valence electrons. The summed E-state index contributed by atoms with van der Waals surface area (Å²) in [7, 11) is 1.87. The van der Waals surface area contributed by atoms with Crippen LogP contribution in [-0.2, 0) is 29.4 Å². The molecule has 0 aromatic carbocycles. The Morgan fingerprint density at radius 2 is 2.09 bits per heavy atom. The lowest BCUT2D eigenvalue weighted by atomic mass is 9.88. The molecule has 0 aliphatic heterocycles. The average Bonchev–Trinajstić information content (AvgIpc) is 3.33. The van der Waals surface area contributed by atoms with Crippen molar-refractivity contribution in [2.24, 2.45) is 13.0 Å². The van der Waals surface area contributed by atoms with E-state index >= 15 is 0 Å². The van der Waals surface area contributed by atoms with Gasteiger partial charge in [0, 0.05) is 29.9 Å². The van der Waals surface area contributed by atoms with Gasteiger partial charge in [-0.15, -0.1) is 21.5 Å². The molecule has 1 amide bonds. The largest absolute Gasteiger partial charge is 0.462 e. The van der Waals surface area contributed by atoms with Crippen molar-refractivity contribution in [2.45, 2.75) is 50.4 Å². The van der Waals surface area contributed by atoms with E-state index in [1.54, 1.807) is 19.3 Å². The van der Waals surface area contributed by atoms with E-state index in [-0.39, 0.29) is 11.9 Å². The lowest BCUT2D eigenvalue weighted by Crippen LogP contribution is -2.24. The van der Waals surface area contributed by atoms with Gasteiger partial charge in [-0.1, -0.05) is 18.7 Å². The molecule has 0 saturated carbocycles. The number of rotatable bonds is 7. The summed E-state index contributed by atoms with van der Waals surface area (Å²) < 4.78 is 7.16. The Labute approximate surface area is 201 Å². The van der Waals surface area contributed by atoms with Gasteiger partial charge in [0.1, 0.15) is 5.00 Å². The second-order valence-corrected chi connectivity index (χ2v) is 10.5. The molecular formula is C23H27N5O3S2. The zero-order valence-electron chi connectivity index (χ0n) is 19.1. The summed E-state index contributed by atoms with van der Waals surface area (Å²) in [6.45, 7) is 6.12. The summed E-state index contributed by atoms with van der Waals surface area (Å²) >= 11 is 2.82. The Morgan fingerprint density at radius 3 is 2.82 bits per heavy atom. The molecule has 2 atom stereocenters. The van der Waals surface area contributed by atoms with Crippen molar-refractivity contribution >= 4 is 40.0 Å². The molecule has 3 aromatic rings. The number of esters is 1. The zero-order valence-corrected chi connectivity index (χ0v) is 20.8. The molecule has 10 heteroatoms. The van der Waals surface area contributed by atoms with Gasteiger partial charge in [0.15, 0.2) is 11.0 Å². The molecule has 0 spiro atoms. The zero-order chi connectivity index (χ0) is 23.5. The molecule has 3 heterocycles. The molecular weight excluding hydrogens is 458 g/mol. The average molecular weight is 486 g/mol. The summed E-state index contributed by atoms with van der Waals surface area (Å²) in [5.41, 5.74) is 2.46. The van der Waals surface area contributed by atoms with Crippen molar-refractivity contribution < 1.29 is 14.3 Å². The summed E-state index contributed by atoms with van der Waals surface area (Å²) in [5, 5.41) is 12.3. The summed E-state index contributed by atoms with van der Waals surface area (Å²) in [6.07, 6.45) is 6.19. The molecule has 0 bridgehead atoms. The van der Waals surface area contributed by atoms with E-state index < -0.39 is 5.25 Å². The highest BCUT2D eigenvalue weighted by molar-refractivity contribution is 8.00. The van der Waals surface area contributed by atoms with Gasteiger partial charge in [-0.3, -0.25) is 9.78 Å². The van der Waals surface area contributed by atoms with Gasteiger partial charge in [0.2, 0.25) is 5.91 Å². The molecule has 0 fully saturated rings. The maximum atomic E-state index is 13.1. The normalized spacial score (nSPS) is 16.2. The molecule has 1 aliphatic rings. The fourth-order valence-corrected chi connectivity index (χ4v) is 6.07. The number of nitrogens with one attached hydrogen (secondary N) is 1. The topological polar surface area (TPSA) is 99.0 Å². The quantitative estimate of drug-likeness (QED) is 0.392. The number of hydrogen-bond acceptors (Lipinski definition) is 8. The number of anilines is 1. The maximum Gasteiger partial charge on any atom is 0.341 e. The van der Waals surface area contributed by atoms with Crippen molar-refractivity contribution in [3.05, 3.63) is 40.5 Å². The highest BCUT2D eigenvalue weighted by Gasteiger charge is 2.30. The molecule has 33 heavy (non-hydrogen) atoms. The maximum absolute atomic E-state index is 13.1. The van der Waals surface area contributed by atoms with E-state index in [9.17, 15) is 9.59 Å². The van der Waals surface area contributed by atoms with Crippen LogP contribution in [0.25, 0.3) is 11.4 Å². The first kappa shape index (κ1) is 23.4. The van der Waals surface area contributed by atoms with Gasteiger partial charge >= 0.3 is 5.97 Å². The fraction of sp³-hybridized carbons (Fsp3) is 0.435. The number of thioether (sulfide) groups is 1. The Kier molecular flexibility index (Phi) is 7.14. The van der Waals surface area contributed by atoms with E-state index in [1.807, 2.05) is 30.7 Å². The van der Waals surface area contributed by atoms with Crippen LogP contribution in [0.4, 0.5) is 5.00 Å². The van der Waals surface area contributed by atoms with Crippen molar-refractivity contribution in [3.8, 4) is 11.4 Å². The lowest BCUT2D eigenvalue weighted by Gasteiger charge is -2.18. The highest BCUT2D eigenvalue weighted by atomic mass is 32.2. The number of hydrogen-bond donors (Lipinski definition) is 1. The second-order valence-electron chi connectivity index (χ2n) is 8.13. The van der Waals surface area contributed by atoms with Gasteiger partial charge < -0.3 is 14.6 Å². The number of aromatic nitrogens is 4. The molecule has 1 aliphatic carbocycles. The van der Waals surface area contributed by atoms with Crippen LogP contribution < -0.4 is 5.32 Å². The number of thiophene rings is 1. The Morgan fingerprint density at radius 1 is 1.33 bits per heavy atom. The van der Waals surface area contributed by atoms with Gasteiger partial charge in [-0.05, 0) is 56.7 Å². The third-order valence-corrected chi connectivity index (χ3v) is 7.96. The lowest BCUT2D eigenvalue weighted by molar-refractivity contribution is -0.115. The predicted molar refractivity (Wildman–Crippen MR) is 130 cm³/mol. The van der Waals surface area contributed by atoms with Crippen molar-refractivity contribution in [1.29, 1.82) is 0 Å². The smallest absolute Gasteiger partial charge is 0.341 e. The molecule has 4 rings (SSSR count). The summed E-state index contributed by atoms with van der Waals surface area (Å²) in [5.74, 6) is 0.716. The highest BCUT2D eigenvalue weighted by Crippen LogP contribution is 2.40. The predicted octanol–water partition coefficient (Wildman–Crippen LogP) is 4.36. The third-order valence-electron chi connectivity index (χ3n) is 5.65. The second kappa shape index (κ2) is 10.0. The summed E-state index contributed by atoms with van der Waals surface area (Å²) in [4.78, 5) is 31.0. The van der Waals surface area contributed by atoms with Gasteiger partial charge in [0.05, 0.1) is 17.4 Å². The number of amides is 1. The molecule has 8 nitrogen and oxygen atoms in total. The summed E-state index contributed by atoms with van der Waals surface area (Å²) in [6, 6.07) is 3.73. The van der Waals surface area contributed by atoms with E-state index in [4.69, 9.17) is 4.74 Å². The number of carbonyl (C=O) groups is 2. The van der Waals surface area contributed by atoms with Gasteiger partial charge in [-0.25, -0.2) is 4.79 Å². The minimum Gasteiger partial charge on any atom is -0.462 e. The SMILES string of the molecule is CCOC(=O)c1c(NC(=O)[C@@H](C)Sc2nnc(-c3ccncc3)n2C)sc2c1CC[C@H](C)C2. The molecule has 0 radical (unpaired) electrons. The van der Waals surface area contributed by atoms with E-state index in [0.717, 1.165) is 30.4 Å². The Balaban J connectivity index is 1.52. The van der Waals surface area contributed by atoms with Crippen LogP contribution in [0.1, 0.15) is 48.0 Å². The number of fused-ring (bicyclic) bond motifs is 1. The number of nitrogens with zero attached hydrogens (tertiary/aromatic N) is 4. The first-order valence-corrected chi connectivity index (χ1v) is 12.7. The van der Waals surface area contributed by atoms with E-state index in [1.165, 1.54) is 28.0 Å². The first-order valence-electron chi connectivity index (χ1n) is 11.0. The van der Waals surface area contributed by atoms with Crippen LogP contribution in [0.3, 0.4) is 0 Å². The molecule has 1 N–H and O–H groups in total. The van der Waals surface area contributed by atoms with Gasteiger partial charge in [-0.2, -0.15) is 0 Å². The first-order chi connectivity index (χ1) is 15.9. The van der Waals surface area contributed by atoms with Crippen LogP contribution >= 0.6 is 23.1 Å². The van der Waals surface area contributed by atoms with Crippen molar-refractivity contribution in [3.63, 3.8) is 0 Å². The number of carbonyl (C=O) groups excluding carboxylic acids is 2. The van der Waals surface area contributed by atoms with Crippen LogP contribution in [0.15, 0.2) is 29.7 Å². The third kappa shape index (κ3) is 4.96. The minimum atomic E-state index is -0.439. The monoisotopic (exact) mass is 485 g/mol. The van der Waals surface area contributed by atoms with Crippen LogP contribution in [0.2, 0.25) is 0 Å². The molecule has 3 aromatic heterocycles. The Hall–Kier alpha value is -2.72. The van der Waals surface area contributed by atoms with E-state index in [0.29, 0.717) is 34.1 Å². The Bertz CT molecular complexity index is 1160. The van der Waals surface area contributed by atoms with Crippen LogP contribution in [0, 0.1) is 5.92 Å². The number of pyridine rings is 1. The standard InChI is InChI=1S/C23H27N5O3S2/c1-5-31-22(30)18-16-7-6-13(2)12-17(16)33-21(18)25-20(29)14(3)32-23-27-26-19(28(23)4)15-8-10-24-11-9-15/h8-11,13-14H,5-7,12H2,1-4H3,(H,25,29)/t13-,14+/m0/s1. The van der Waals surface area contributed by atoms with Crippen molar-refractivity contribution in [1.82, 2.24) is 19.7 Å². The number of ether oxygens (including phenoxy) is 1. The molecule has 0 saturated heterocycles. The molecule has 0 unspecified atom stereocenters. The fourth-order valence-electron chi connectivity index (χ4n) is 3.85. The van der Waals surface area contributed by atoms with Gasteiger partial charge in [0.25, 0.3) is 0 Å². The van der Waals surface area contributed by atoms with Crippen molar-refractivity contribution in [2.75, 3.05) is 11.9 Å². The van der Waals surface area contributed by atoms with Crippen LogP contribution in [0.5, 0.6) is 0 Å². The minimum absolute atomic E-state index is 0.189. The van der Waals surface area contributed by atoms with E-state index in [2.05, 4.69) is 27.4 Å².